The summed E-state index contributed by atoms with van der Waals surface area (Å²) in [4.78, 5) is 3.80. The molecule has 0 spiro atoms. The van der Waals surface area contributed by atoms with Gasteiger partial charge in [0.25, 0.3) is 0 Å². The number of nitrogen functional groups attached to an aromatic ring is 1. The summed E-state index contributed by atoms with van der Waals surface area (Å²) >= 11 is 0. The fourth-order valence-corrected chi connectivity index (χ4v) is 1.51. The summed E-state index contributed by atoms with van der Waals surface area (Å²) in [6.45, 7) is 4.88. The summed E-state index contributed by atoms with van der Waals surface area (Å²) in [5.74, 6) is 0.355. The van der Waals surface area contributed by atoms with Crippen LogP contribution in [0.4, 0.5) is 11.5 Å². The molecule has 0 amide bonds. The number of nitrogens with zero attached hydrogens (tertiary/aromatic N) is 1. The second-order valence-corrected chi connectivity index (χ2v) is 6.63. The Morgan fingerprint density at radius 2 is 1.93 bits per heavy atom. The van der Waals surface area contributed by atoms with Gasteiger partial charge in [-0.2, -0.15) is 0 Å². The third-order valence-electron chi connectivity index (χ3n) is 1.84. The smallest absolute Gasteiger partial charge is 0.237 e. The van der Waals surface area contributed by atoms with E-state index in [2.05, 4.69) is 9.71 Å². The largest absolute Gasteiger partial charge is 0.384 e. The van der Waals surface area contributed by atoms with Crippen LogP contribution in [-0.2, 0) is 10.0 Å². The number of rotatable bonds is 2. The van der Waals surface area contributed by atoms with Gasteiger partial charge in [-0.05, 0) is 32.9 Å². The van der Waals surface area contributed by atoms with Gasteiger partial charge in [-0.25, -0.2) is 13.4 Å². The van der Waals surface area contributed by atoms with E-state index in [0.717, 1.165) is 0 Å². The third kappa shape index (κ3) is 2.82. The van der Waals surface area contributed by atoms with Gasteiger partial charge < -0.3 is 5.73 Å². The molecule has 0 unspecified atom stereocenters. The molecule has 15 heavy (non-hydrogen) atoms. The quantitative estimate of drug-likeness (QED) is 0.798. The summed E-state index contributed by atoms with van der Waals surface area (Å²) in [5, 5.41) is 0. The van der Waals surface area contributed by atoms with Crippen LogP contribution in [0.25, 0.3) is 0 Å². The van der Waals surface area contributed by atoms with E-state index >= 15 is 0 Å². The molecule has 1 aromatic rings. The normalized spacial score (nSPS) is 12.5. The van der Waals surface area contributed by atoms with Crippen molar-refractivity contribution >= 4 is 21.5 Å². The van der Waals surface area contributed by atoms with Crippen molar-refractivity contribution in [3.63, 3.8) is 0 Å². The number of aromatic nitrogens is 1. The maximum Gasteiger partial charge on any atom is 0.237 e. The highest BCUT2D eigenvalue weighted by Crippen LogP contribution is 2.18. The standard InChI is InChI=1S/C9H15N3O2S/c1-9(2,3)15(13,14)12-7-4-5-8(10)11-6-7/h4-6,12H,1-3H3,(H2,10,11). The zero-order valence-corrected chi connectivity index (χ0v) is 9.80. The molecule has 5 nitrogen and oxygen atoms in total. The zero-order chi connectivity index (χ0) is 11.7. The van der Waals surface area contributed by atoms with Crippen LogP contribution >= 0.6 is 0 Å². The second kappa shape index (κ2) is 3.69. The fourth-order valence-electron chi connectivity index (χ4n) is 0.774. The topological polar surface area (TPSA) is 85.1 Å². The van der Waals surface area contributed by atoms with Gasteiger partial charge in [0.1, 0.15) is 5.82 Å². The van der Waals surface area contributed by atoms with E-state index in [4.69, 9.17) is 5.73 Å². The van der Waals surface area contributed by atoms with Gasteiger partial charge in [-0.1, -0.05) is 0 Å². The van der Waals surface area contributed by atoms with Crippen molar-refractivity contribution in [2.45, 2.75) is 25.5 Å². The molecule has 0 fully saturated rings. The molecule has 0 aliphatic carbocycles. The second-order valence-electron chi connectivity index (χ2n) is 4.19. The lowest BCUT2D eigenvalue weighted by molar-refractivity contribution is 0.566. The SMILES string of the molecule is CC(C)(C)S(=O)(=O)Nc1ccc(N)nc1. The molecular weight excluding hydrogens is 214 g/mol. The summed E-state index contributed by atoms with van der Waals surface area (Å²) in [6.07, 6.45) is 1.39. The van der Waals surface area contributed by atoms with Crippen molar-refractivity contribution in [2.24, 2.45) is 0 Å². The van der Waals surface area contributed by atoms with E-state index in [1.54, 1.807) is 32.9 Å². The van der Waals surface area contributed by atoms with Gasteiger partial charge in [0.05, 0.1) is 16.6 Å². The van der Waals surface area contributed by atoms with Gasteiger partial charge in [-0.3, -0.25) is 4.72 Å². The van der Waals surface area contributed by atoms with Gasteiger partial charge >= 0.3 is 0 Å². The molecule has 0 radical (unpaired) electrons. The highest BCUT2D eigenvalue weighted by atomic mass is 32.2. The van der Waals surface area contributed by atoms with Crippen LogP contribution < -0.4 is 10.5 Å². The van der Waals surface area contributed by atoms with E-state index in [9.17, 15) is 8.42 Å². The Balaban J connectivity index is 2.93. The highest BCUT2D eigenvalue weighted by Gasteiger charge is 2.28. The predicted octanol–water partition coefficient (Wildman–Crippen LogP) is 1.20. The maximum absolute atomic E-state index is 11.7. The molecular formula is C9H15N3O2S. The van der Waals surface area contributed by atoms with E-state index in [1.165, 1.54) is 6.20 Å². The van der Waals surface area contributed by atoms with Crippen molar-refractivity contribution in [3.05, 3.63) is 18.3 Å². The average molecular weight is 229 g/mol. The molecule has 0 bridgehead atoms. The molecule has 0 aromatic carbocycles. The molecule has 0 aliphatic rings. The van der Waals surface area contributed by atoms with Crippen LogP contribution in [0.1, 0.15) is 20.8 Å². The first kappa shape index (κ1) is 11.8. The lowest BCUT2D eigenvalue weighted by Gasteiger charge is -2.20. The molecule has 0 aliphatic heterocycles. The minimum Gasteiger partial charge on any atom is -0.384 e. The number of pyridine rings is 1. The van der Waals surface area contributed by atoms with Crippen molar-refractivity contribution in [1.82, 2.24) is 4.98 Å². The summed E-state index contributed by atoms with van der Waals surface area (Å²) < 4.78 is 25.1. The molecule has 6 heteroatoms. The summed E-state index contributed by atoms with van der Waals surface area (Å²) in [6, 6.07) is 3.12. The summed E-state index contributed by atoms with van der Waals surface area (Å²) in [5.41, 5.74) is 5.80. The van der Waals surface area contributed by atoms with Crippen LogP contribution in [0, 0.1) is 0 Å². The Morgan fingerprint density at radius 3 is 2.33 bits per heavy atom. The van der Waals surface area contributed by atoms with Gasteiger partial charge in [0.15, 0.2) is 0 Å². The van der Waals surface area contributed by atoms with E-state index in [1.807, 2.05) is 0 Å². The minimum absolute atomic E-state index is 0.355. The molecule has 3 N–H and O–H groups in total. The van der Waals surface area contributed by atoms with Crippen molar-refractivity contribution in [3.8, 4) is 0 Å². The highest BCUT2D eigenvalue weighted by molar-refractivity contribution is 7.94. The first-order chi connectivity index (χ1) is 6.72. The number of hydrogen-bond acceptors (Lipinski definition) is 4. The van der Waals surface area contributed by atoms with E-state index in [0.29, 0.717) is 11.5 Å². The van der Waals surface area contributed by atoms with Crippen molar-refractivity contribution < 1.29 is 8.42 Å². The average Bonchev–Trinajstić information content (AvgIpc) is 2.06. The van der Waals surface area contributed by atoms with E-state index in [-0.39, 0.29) is 0 Å². The fraction of sp³-hybridized carbons (Fsp3) is 0.444. The molecule has 1 heterocycles. The third-order valence-corrected chi connectivity index (χ3v) is 3.96. The number of nitrogens with two attached hydrogens (primary N) is 1. The predicted molar refractivity (Wildman–Crippen MR) is 60.9 cm³/mol. The Kier molecular flexibility index (Phi) is 2.90. The Morgan fingerprint density at radius 1 is 1.33 bits per heavy atom. The first-order valence-corrected chi connectivity index (χ1v) is 5.94. The van der Waals surface area contributed by atoms with Crippen LogP contribution in [0.15, 0.2) is 18.3 Å². The van der Waals surface area contributed by atoms with Crippen LogP contribution in [0.3, 0.4) is 0 Å². The van der Waals surface area contributed by atoms with Crippen LogP contribution in [0.2, 0.25) is 0 Å². The molecule has 84 valence electrons. The molecule has 1 rings (SSSR count). The number of nitrogens with one attached hydrogen (secondary N) is 1. The molecule has 0 atom stereocenters. The number of anilines is 2. The van der Waals surface area contributed by atoms with Crippen LogP contribution in [-0.4, -0.2) is 18.1 Å². The lowest BCUT2D eigenvalue weighted by Crippen LogP contribution is -2.33. The maximum atomic E-state index is 11.7. The van der Waals surface area contributed by atoms with Crippen molar-refractivity contribution in [1.29, 1.82) is 0 Å². The molecule has 1 aromatic heterocycles. The van der Waals surface area contributed by atoms with Crippen LogP contribution in [0.5, 0.6) is 0 Å². The molecule has 0 saturated carbocycles. The summed E-state index contributed by atoms with van der Waals surface area (Å²) in [7, 11) is -3.39. The van der Waals surface area contributed by atoms with Gasteiger partial charge in [0, 0.05) is 0 Å². The minimum atomic E-state index is -3.39. The van der Waals surface area contributed by atoms with Crippen molar-refractivity contribution in [2.75, 3.05) is 10.5 Å². The number of hydrogen-bond donors (Lipinski definition) is 2. The monoisotopic (exact) mass is 229 g/mol. The molecule has 0 saturated heterocycles. The Bertz CT molecular complexity index is 431. The zero-order valence-electron chi connectivity index (χ0n) is 8.98. The first-order valence-electron chi connectivity index (χ1n) is 4.46. The number of sulfonamides is 1. The van der Waals surface area contributed by atoms with E-state index < -0.39 is 14.8 Å². The Labute approximate surface area is 89.8 Å². The van der Waals surface area contributed by atoms with Gasteiger partial charge in [0.2, 0.25) is 10.0 Å². The van der Waals surface area contributed by atoms with Gasteiger partial charge in [-0.15, -0.1) is 0 Å². The Hall–Kier alpha value is -1.30. The lowest BCUT2D eigenvalue weighted by atomic mass is 10.3.